The molecular weight excluding hydrogens is 180 g/mol. The smallest absolute Gasteiger partial charge is 0.331 e. The molecule has 1 aliphatic carbocycles. The van der Waals surface area contributed by atoms with Crippen LogP contribution in [0, 0.1) is 0 Å². The number of ether oxygens (including phenoxy) is 1. The maximum Gasteiger partial charge on any atom is 0.331 e. The van der Waals surface area contributed by atoms with Crippen LogP contribution in [0.5, 0.6) is 0 Å². The average Bonchev–Trinajstić information content (AvgIpc) is 2.19. The van der Waals surface area contributed by atoms with E-state index in [-0.39, 0.29) is 5.57 Å². The Balaban J connectivity index is 2.08. The van der Waals surface area contributed by atoms with Crippen LogP contribution in [0.25, 0.3) is 0 Å². The molecule has 1 rings (SSSR count). The fraction of sp³-hybridized carbons (Fsp3) is 0.727. The zero-order chi connectivity index (χ0) is 10.4. The van der Waals surface area contributed by atoms with E-state index >= 15 is 0 Å². The third kappa shape index (κ3) is 3.92. The summed E-state index contributed by atoms with van der Waals surface area (Å²) in [6.07, 6.45) is 6.83. The van der Waals surface area contributed by atoms with Crippen molar-refractivity contribution in [2.75, 3.05) is 6.61 Å². The van der Waals surface area contributed by atoms with Crippen LogP contribution in [-0.2, 0) is 9.53 Å². The van der Waals surface area contributed by atoms with Gasteiger partial charge in [0.1, 0.15) is 0 Å². The lowest BCUT2D eigenvalue weighted by Gasteiger charge is -2.21. The van der Waals surface area contributed by atoms with E-state index in [0.717, 1.165) is 12.8 Å². The first-order chi connectivity index (χ1) is 6.70. The van der Waals surface area contributed by atoms with Crippen molar-refractivity contribution in [3.05, 3.63) is 12.2 Å². The first-order valence-electron chi connectivity index (χ1n) is 5.23. The number of carboxylic acid groups (broad SMARTS) is 1. The number of carbonyl (C=O) groups is 1. The molecule has 0 aliphatic heterocycles. The minimum atomic E-state index is -0.919. The number of carboxylic acids is 1. The zero-order valence-corrected chi connectivity index (χ0v) is 8.50. The Morgan fingerprint density at radius 3 is 2.57 bits per heavy atom. The quantitative estimate of drug-likeness (QED) is 0.690. The van der Waals surface area contributed by atoms with E-state index in [1.165, 1.54) is 19.3 Å². The highest BCUT2D eigenvalue weighted by Crippen LogP contribution is 2.20. The zero-order valence-electron chi connectivity index (χ0n) is 8.50. The van der Waals surface area contributed by atoms with Gasteiger partial charge in [0.25, 0.3) is 0 Å². The van der Waals surface area contributed by atoms with Crippen LogP contribution >= 0.6 is 0 Å². The van der Waals surface area contributed by atoms with Crippen LogP contribution in [0.2, 0.25) is 0 Å². The molecule has 0 atom stereocenters. The summed E-state index contributed by atoms with van der Waals surface area (Å²) in [6.45, 7) is 3.95. The van der Waals surface area contributed by atoms with Gasteiger partial charge >= 0.3 is 5.97 Å². The van der Waals surface area contributed by atoms with Gasteiger partial charge in [-0.2, -0.15) is 0 Å². The van der Waals surface area contributed by atoms with Crippen molar-refractivity contribution in [3.8, 4) is 0 Å². The molecule has 0 heterocycles. The second-order valence-electron chi connectivity index (χ2n) is 3.79. The van der Waals surface area contributed by atoms with Gasteiger partial charge in [-0.3, -0.25) is 0 Å². The molecule has 14 heavy (non-hydrogen) atoms. The normalized spacial score (nSPS) is 18.0. The second kappa shape index (κ2) is 5.81. The van der Waals surface area contributed by atoms with Crippen LogP contribution in [0.4, 0.5) is 0 Å². The molecule has 1 aliphatic rings. The summed E-state index contributed by atoms with van der Waals surface area (Å²) in [5.74, 6) is -0.919. The molecule has 1 fully saturated rings. The molecule has 3 nitrogen and oxygen atoms in total. The molecule has 3 heteroatoms. The molecule has 0 amide bonds. The monoisotopic (exact) mass is 198 g/mol. The predicted octanol–water partition coefficient (Wildman–Crippen LogP) is 2.37. The van der Waals surface area contributed by atoms with Crippen molar-refractivity contribution < 1.29 is 14.6 Å². The number of aliphatic carboxylic acids is 1. The number of hydrogen-bond donors (Lipinski definition) is 1. The van der Waals surface area contributed by atoms with Gasteiger partial charge in [0.2, 0.25) is 0 Å². The Kier molecular flexibility index (Phi) is 4.66. The van der Waals surface area contributed by atoms with Crippen molar-refractivity contribution in [1.29, 1.82) is 0 Å². The Hall–Kier alpha value is -0.830. The second-order valence-corrected chi connectivity index (χ2v) is 3.79. The van der Waals surface area contributed by atoms with Gasteiger partial charge in [0, 0.05) is 12.0 Å². The summed E-state index contributed by atoms with van der Waals surface area (Å²) < 4.78 is 5.58. The van der Waals surface area contributed by atoms with E-state index in [1.54, 1.807) is 0 Å². The van der Waals surface area contributed by atoms with Gasteiger partial charge in [0.15, 0.2) is 0 Å². The molecule has 0 unspecified atom stereocenters. The molecule has 0 radical (unpaired) electrons. The van der Waals surface area contributed by atoms with E-state index < -0.39 is 5.97 Å². The first-order valence-corrected chi connectivity index (χ1v) is 5.23. The predicted molar refractivity (Wildman–Crippen MR) is 54.2 cm³/mol. The van der Waals surface area contributed by atoms with Crippen LogP contribution in [0.3, 0.4) is 0 Å². The fourth-order valence-electron chi connectivity index (χ4n) is 1.69. The highest BCUT2D eigenvalue weighted by Gasteiger charge is 2.13. The molecule has 0 spiro atoms. The van der Waals surface area contributed by atoms with Gasteiger partial charge in [-0.05, 0) is 12.8 Å². The first kappa shape index (κ1) is 11.2. The number of rotatable bonds is 5. The van der Waals surface area contributed by atoms with E-state index in [9.17, 15) is 4.79 Å². The Morgan fingerprint density at radius 2 is 2.00 bits per heavy atom. The summed E-state index contributed by atoms with van der Waals surface area (Å²) in [7, 11) is 0. The van der Waals surface area contributed by atoms with Crippen molar-refractivity contribution in [3.63, 3.8) is 0 Å². The minimum absolute atomic E-state index is 0.237. The van der Waals surface area contributed by atoms with Gasteiger partial charge in [-0.15, -0.1) is 0 Å². The molecule has 0 saturated heterocycles. The molecule has 1 saturated carbocycles. The van der Waals surface area contributed by atoms with E-state index in [1.807, 2.05) is 0 Å². The minimum Gasteiger partial charge on any atom is -0.478 e. The van der Waals surface area contributed by atoms with Crippen LogP contribution in [0.1, 0.15) is 38.5 Å². The summed E-state index contributed by atoms with van der Waals surface area (Å²) in [5.41, 5.74) is 0.237. The van der Waals surface area contributed by atoms with Crippen molar-refractivity contribution >= 4 is 5.97 Å². The van der Waals surface area contributed by atoms with E-state index in [0.29, 0.717) is 19.1 Å². The Labute approximate surface area is 84.8 Å². The number of hydrogen-bond acceptors (Lipinski definition) is 2. The third-order valence-electron chi connectivity index (χ3n) is 2.61. The summed E-state index contributed by atoms with van der Waals surface area (Å²) in [6, 6.07) is 0. The van der Waals surface area contributed by atoms with Gasteiger partial charge in [-0.25, -0.2) is 4.79 Å². The van der Waals surface area contributed by atoms with Crippen LogP contribution in [0.15, 0.2) is 12.2 Å². The molecule has 0 aromatic heterocycles. The Bertz CT molecular complexity index is 205. The third-order valence-corrected chi connectivity index (χ3v) is 2.61. The van der Waals surface area contributed by atoms with Crippen molar-refractivity contribution in [2.24, 2.45) is 0 Å². The average molecular weight is 198 g/mol. The van der Waals surface area contributed by atoms with Crippen LogP contribution in [-0.4, -0.2) is 23.8 Å². The van der Waals surface area contributed by atoms with Gasteiger partial charge in [-0.1, -0.05) is 25.8 Å². The molecule has 1 N–H and O–H groups in total. The SMILES string of the molecule is C=C(CCOC1CCCCC1)C(=O)O. The van der Waals surface area contributed by atoms with Gasteiger partial charge in [0.05, 0.1) is 12.7 Å². The largest absolute Gasteiger partial charge is 0.478 e. The van der Waals surface area contributed by atoms with Crippen molar-refractivity contribution in [2.45, 2.75) is 44.6 Å². The summed E-state index contributed by atoms with van der Waals surface area (Å²) in [5, 5.41) is 8.56. The maximum absolute atomic E-state index is 10.4. The van der Waals surface area contributed by atoms with E-state index in [4.69, 9.17) is 9.84 Å². The van der Waals surface area contributed by atoms with Crippen molar-refractivity contribution in [1.82, 2.24) is 0 Å². The highest BCUT2D eigenvalue weighted by molar-refractivity contribution is 5.85. The molecule has 80 valence electrons. The molecule has 0 aromatic carbocycles. The Morgan fingerprint density at radius 1 is 1.36 bits per heavy atom. The fourth-order valence-corrected chi connectivity index (χ4v) is 1.69. The lowest BCUT2D eigenvalue weighted by Crippen LogP contribution is -2.17. The standard InChI is InChI=1S/C11H18O3/c1-9(11(12)13)7-8-14-10-5-3-2-4-6-10/h10H,1-8H2,(H,12,13). The van der Waals surface area contributed by atoms with Gasteiger partial charge < -0.3 is 9.84 Å². The molecule has 0 bridgehead atoms. The summed E-state index contributed by atoms with van der Waals surface area (Å²) >= 11 is 0. The van der Waals surface area contributed by atoms with E-state index in [2.05, 4.69) is 6.58 Å². The molecule has 0 aromatic rings. The van der Waals surface area contributed by atoms with Crippen LogP contribution < -0.4 is 0 Å². The maximum atomic E-state index is 10.4. The summed E-state index contributed by atoms with van der Waals surface area (Å²) in [4.78, 5) is 10.4. The lowest BCUT2D eigenvalue weighted by atomic mass is 9.98. The highest BCUT2D eigenvalue weighted by atomic mass is 16.5. The molecular formula is C11H18O3. The lowest BCUT2D eigenvalue weighted by molar-refractivity contribution is -0.133. The topological polar surface area (TPSA) is 46.5 Å².